The highest BCUT2D eigenvalue weighted by molar-refractivity contribution is 5.90. The smallest absolute Gasteiger partial charge is 0.338 e. The zero-order valence-electron chi connectivity index (χ0n) is 6.95. The van der Waals surface area contributed by atoms with Crippen LogP contribution < -0.4 is 0 Å². The Morgan fingerprint density at radius 3 is 3.00 bits per heavy atom. The minimum atomic E-state index is -0.197. The molecule has 0 spiro atoms. The van der Waals surface area contributed by atoms with Gasteiger partial charge in [0.2, 0.25) is 0 Å². The van der Waals surface area contributed by atoms with Gasteiger partial charge in [0.15, 0.2) is 0 Å². The maximum absolute atomic E-state index is 11.3. The minimum absolute atomic E-state index is 0.197. The van der Waals surface area contributed by atoms with Gasteiger partial charge in [0.05, 0.1) is 6.26 Å². The summed E-state index contributed by atoms with van der Waals surface area (Å²) < 4.78 is 4.74. The van der Waals surface area contributed by atoms with E-state index >= 15 is 0 Å². The Bertz CT molecular complexity index is 253. The number of fused-ring (bicyclic) bond motifs is 2. The van der Waals surface area contributed by atoms with E-state index < -0.39 is 0 Å². The van der Waals surface area contributed by atoms with Gasteiger partial charge in [-0.1, -0.05) is 12.7 Å². The number of carbonyl (C=O) groups is 1. The molecule has 2 nitrogen and oxygen atoms in total. The summed E-state index contributed by atoms with van der Waals surface area (Å²) in [5.41, 5.74) is 0.881. The van der Waals surface area contributed by atoms with Crippen LogP contribution in [0.3, 0.4) is 0 Å². The van der Waals surface area contributed by atoms with Crippen LogP contribution in [0.1, 0.15) is 19.3 Å². The van der Waals surface area contributed by atoms with Crippen LogP contribution in [0.5, 0.6) is 0 Å². The molecule has 2 aliphatic carbocycles. The Labute approximate surface area is 71.9 Å². The first-order valence-corrected chi connectivity index (χ1v) is 4.35. The fourth-order valence-electron chi connectivity index (χ4n) is 2.22. The van der Waals surface area contributed by atoms with E-state index in [1.807, 2.05) is 0 Å². The number of ether oxygens (including phenoxy) is 1. The highest BCUT2D eigenvalue weighted by atomic mass is 16.5. The molecule has 2 rings (SSSR count). The maximum Gasteiger partial charge on any atom is 0.338 e. The summed E-state index contributed by atoms with van der Waals surface area (Å²) in [6.45, 7) is 3.36. The predicted octanol–water partition coefficient (Wildman–Crippen LogP) is 2.03. The van der Waals surface area contributed by atoms with Crippen molar-refractivity contribution in [1.82, 2.24) is 0 Å². The minimum Gasteiger partial charge on any atom is -0.432 e. The van der Waals surface area contributed by atoms with Crippen molar-refractivity contribution in [3.05, 3.63) is 24.5 Å². The Kier molecular flexibility index (Phi) is 1.75. The normalized spacial score (nSPS) is 31.5. The first-order valence-electron chi connectivity index (χ1n) is 4.35. The molecule has 0 aliphatic heterocycles. The van der Waals surface area contributed by atoms with Crippen LogP contribution in [0.25, 0.3) is 0 Å². The van der Waals surface area contributed by atoms with Crippen molar-refractivity contribution in [2.75, 3.05) is 0 Å². The monoisotopic (exact) mass is 164 g/mol. The Morgan fingerprint density at radius 2 is 2.50 bits per heavy atom. The number of esters is 1. The van der Waals surface area contributed by atoms with E-state index in [0.717, 1.165) is 18.4 Å². The van der Waals surface area contributed by atoms with E-state index in [-0.39, 0.29) is 5.97 Å². The van der Waals surface area contributed by atoms with Gasteiger partial charge in [0.25, 0.3) is 0 Å². The van der Waals surface area contributed by atoms with Crippen molar-refractivity contribution in [3.63, 3.8) is 0 Å². The van der Waals surface area contributed by atoms with Gasteiger partial charge >= 0.3 is 5.97 Å². The molecule has 0 heterocycles. The molecular formula is C10H12O2. The van der Waals surface area contributed by atoms with E-state index in [4.69, 9.17) is 4.74 Å². The molecule has 1 saturated carbocycles. The quantitative estimate of drug-likeness (QED) is 0.461. The average Bonchev–Trinajstić information content (AvgIpc) is 2.64. The second kappa shape index (κ2) is 2.77. The van der Waals surface area contributed by atoms with Gasteiger partial charge in [-0.25, -0.2) is 4.79 Å². The largest absolute Gasteiger partial charge is 0.432 e. The lowest BCUT2D eigenvalue weighted by molar-refractivity contribution is -0.134. The molecule has 0 aromatic rings. The topological polar surface area (TPSA) is 26.3 Å². The molecule has 2 heteroatoms. The summed E-state index contributed by atoms with van der Waals surface area (Å²) in [6, 6.07) is 0. The van der Waals surface area contributed by atoms with Gasteiger partial charge in [-0.2, -0.15) is 0 Å². The lowest BCUT2D eigenvalue weighted by Crippen LogP contribution is -2.10. The zero-order valence-corrected chi connectivity index (χ0v) is 6.95. The van der Waals surface area contributed by atoms with E-state index in [0.29, 0.717) is 11.8 Å². The van der Waals surface area contributed by atoms with E-state index in [2.05, 4.69) is 12.7 Å². The molecule has 2 atom stereocenters. The molecule has 0 amide bonds. The molecule has 0 aromatic carbocycles. The molecule has 2 bridgehead atoms. The second-order valence-electron chi connectivity index (χ2n) is 3.46. The van der Waals surface area contributed by atoms with E-state index in [9.17, 15) is 4.79 Å². The van der Waals surface area contributed by atoms with Crippen molar-refractivity contribution < 1.29 is 9.53 Å². The molecule has 64 valence electrons. The highest BCUT2D eigenvalue weighted by Gasteiger charge is 2.36. The van der Waals surface area contributed by atoms with Gasteiger partial charge in [-0.15, -0.1) is 0 Å². The number of rotatable bonds is 2. The number of allylic oxidation sites excluding steroid dienone is 1. The summed E-state index contributed by atoms with van der Waals surface area (Å²) in [5.74, 6) is 0.919. The van der Waals surface area contributed by atoms with E-state index in [1.165, 1.54) is 12.7 Å². The predicted molar refractivity (Wildman–Crippen MR) is 45.2 cm³/mol. The summed E-state index contributed by atoms with van der Waals surface area (Å²) in [4.78, 5) is 11.3. The molecule has 12 heavy (non-hydrogen) atoms. The molecule has 0 aromatic heterocycles. The second-order valence-corrected chi connectivity index (χ2v) is 3.46. The Hall–Kier alpha value is -1.05. The van der Waals surface area contributed by atoms with Gasteiger partial charge in [0, 0.05) is 5.57 Å². The highest BCUT2D eigenvalue weighted by Crippen LogP contribution is 2.43. The summed E-state index contributed by atoms with van der Waals surface area (Å²) in [6.07, 6.45) is 6.83. The molecular weight excluding hydrogens is 152 g/mol. The Balaban J connectivity index is 2.10. The lowest BCUT2D eigenvalue weighted by Gasteiger charge is -2.09. The van der Waals surface area contributed by atoms with Crippen LogP contribution in [-0.2, 0) is 9.53 Å². The van der Waals surface area contributed by atoms with Crippen LogP contribution in [0.15, 0.2) is 24.5 Å². The lowest BCUT2D eigenvalue weighted by atomic mass is 9.99. The summed E-state index contributed by atoms with van der Waals surface area (Å²) in [7, 11) is 0. The molecule has 2 aliphatic rings. The zero-order chi connectivity index (χ0) is 8.55. The average molecular weight is 164 g/mol. The molecule has 1 fully saturated rings. The third-order valence-corrected chi connectivity index (χ3v) is 2.75. The third-order valence-electron chi connectivity index (χ3n) is 2.75. The molecule has 0 saturated heterocycles. The van der Waals surface area contributed by atoms with Crippen molar-refractivity contribution in [3.8, 4) is 0 Å². The van der Waals surface area contributed by atoms with Crippen molar-refractivity contribution in [1.29, 1.82) is 0 Å². The van der Waals surface area contributed by atoms with E-state index in [1.54, 1.807) is 0 Å². The van der Waals surface area contributed by atoms with Crippen LogP contribution in [0, 0.1) is 11.8 Å². The first kappa shape index (κ1) is 7.59. The van der Waals surface area contributed by atoms with Crippen molar-refractivity contribution in [2.45, 2.75) is 19.3 Å². The standard InChI is InChI=1S/C10H12O2/c1-2-12-10(11)9-6-7-3-4-8(9)5-7/h2,6-8H,1,3-5H2. The van der Waals surface area contributed by atoms with Crippen LogP contribution in [-0.4, -0.2) is 5.97 Å². The van der Waals surface area contributed by atoms with Gasteiger partial charge in [-0.05, 0) is 31.1 Å². The molecule has 2 unspecified atom stereocenters. The number of hydrogen-bond acceptors (Lipinski definition) is 2. The third kappa shape index (κ3) is 1.07. The number of hydrogen-bond donors (Lipinski definition) is 0. The Morgan fingerprint density at radius 1 is 1.67 bits per heavy atom. The van der Waals surface area contributed by atoms with Gasteiger partial charge < -0.3 is 4.74 Å². The van der Waals surface area contributed by atoms with Crippen molar-refractivity contribution >= 4 is 5.97 Å². The van der Waals surface area contributed by atoms with Crippen molar-refractivity contribution in [2.24, 2.45) is 11.8 Å². The SMILES string of the molecule is C=COC(=O)C1=CC2CCC1C2. The van der Waals surface area contributed by atoms with Crippen LogP contribution in [0.4, 0.5) is 0 Å². The fraction of sp³-hybridized carbons (Fsp3) is 0.500. The number of carbonyl (C=O) groups excluding carboxylic acids is 1. The summed E-state index contributed by atoms with van der Waals surface area (Å²) >= 11 is 0. The van der Waals surface area contributed by atoms with Crippen LogP contribution in [0.2, 0.25) is 0 Å². The van der Waals surface area contributed by atoms with Crippen LogP contribution >= 0.6 is 0 Å². The maximum atomic E-state index is 11.3. The first-order chi connectivity index (χ1) is 5.81. The molecule has 0 N–H and O–H groups in total. The summed E-state index contributed by atoms with van der Waals surface area (Å²) in [5, 5.41) is 0. The fourth-order valence-corrected chi connectivity index (χ4v) is 2.22. The molecule has 0 radical (unpaired) electrons. The van der Waals surface area contributed by atoms with Gasteiger partial charge in [0.1, 0.15) is 0 Å². The van der Waals surface area contributed by atoms with Gasteiger partial charge in [-0.3, -0.25) is 0 Å².